The van der Waals surface area contributed by atoms with Gasteiger partial charge in [0.1, 0.15) is 6.04 Å². The maximum atomic E-state index is 11.0. The predicted octanol–water partition coefficient (Wildman–Crippen LogP) is 2.23. The second kappa shape index (κ2) is 4.66. The summed E-state index contributed by atoms with van der Waals surface area (Å²) in [6, 6.07) is 2.56. The van der Waals surface area contributed by atoms with E-state index >= 15 is 0 Å². The third kappa shape index (κ3) is 2.11. The summed E-state index contributed by atoms with van der Waals surface area (Å²) in [6.45, 7) is 1.81. The molecule has 0 aliphatic carbocycles. The van der Waals surface area contributed by atoms with E-state index in [1.807, 2.05) is 0 Å². The molecule has 0 fully saturated rings. The second-order valence-corrected chi connectivity index (χ2v) is 4.76. The number of guanidine groups is 1. The highest BCUT2D eigenvalue weighted by Crippen LogP contribution is 2.36. The SMILES string of the molecule is CC(C(=O)O)N1Cc2c(ccc(Cl)c2Cl)N=C1N. The van der Waals surface area contributed by atoms with E-state index in [2.05, 4.69) is 4.99 Å². The molecular weight excluding hydrogens is 277 g/mol. The third-order valence-electron chi connectivity index (χ3n) is 2.85. The molecule has 0 radical (unpaired) electrons. The molecule has 1 aliphatic rings. The zero-order valence-electron chi connectivity index (χ0n) is 9.52. The quantitative estimate of drug-likeness (QED) is 0.874. The minimum absolute atomic E-state index is 0.163. The number of nitrogens with two attached hydrogens (primary N) is 1. The Morgan fingerprint density at radius 1 is 1.56 bits per heavy atom. The Labute approximate surface area is 114 Å². The molecule has 1 aromatic carbocycles. The molecule has 1 unspecified atom stereocenters. The summed E-state index contributed by atoms with van der Waals surface area (Å²) >= 11 is 12.0. The van der Waals surface area contributed by atoms with Crippen molar-refractivity contribution in [1.82, 2.24) is 4.90 Å². The van der Waals surface area contributed by atoms with Gasteiger partial charge < -0.3 is 15.7 Å². The number of aliphatic imine (C=N–C) groups is 1. The van der Waals surface area contributed by atoms with Crippen LogP contribution in [0.2, 0.25) is 10.0 Å². The maximum absolute atomic E-state index is 11.0. The Balaban J connectivity index is 2.45. The van der Waals surface area contributed by atoms with Crippen molar-refractivity contribution < 1.29 is 9.90 Å². The van der Waals surface area contributed by atoms with E-state index in [1.54, 1.807) is 12.1 Å². The largest absolute Gasteiger partial charge is 0.480 e. The van der Waals surface area contributed by atoms with Crippen molar-refractivity contribution in [2.75, 3.05) is 0 Å². The molecule has 0 bridgehead atoms. The van der Waals surface area contributed by atoms with Gasteiger partial charge in [0.15, 0.2) is 5.96 Å². The Kier molecular flexibility index (Phi) is 3.36. The van der Waals surface area contributed by atoms with Crippen LogP contribution in [-0.4, -0.2) is 28.0 Å². The number of aliphatic carboxylic acids is 1. The summed E-state index contributed by atoms with van der Waals surface area (Å²) in [4.78, 5) is 16.6. The molecule has 96 valence electrons. The fourth-order valence-corrected chi connectivity index (χ4v) is 2.14. The number of carboxylic acids is 1. The van der Waals surface area contributed by atoms with E-state index in [9.17, 15) is 4.79 Å². The van der Waals surface area contributed by atoms with Crippen molar-refractivity contribution >= 4 is 40.8 Å². The standard InChI is InChI=1S/C11H11Cl2N3O2/c1-5(10(17)18)16-4-6-8(15-11(16)14)3-2-7(12)9(6)13/h2-3,5H,4H2,1H3,(H2,14,15)(H,17,18). The van der Waals surface area contributed by atoms with E-state index < -0.39 is 12.0 Å². The first-order valence-corrected chi connectivity index (χ1v) is 5.98. The van der Waals surface area contributed by atoms with Gasteiger partial charge in [-0.15, -0.1) is 0 Å². The monoisotopic (exact) mass is 287 g/mol. The average Bonchev–Trinajstić information content (AvgIpc) is 2.32. The fourth-order valence-electron chi connectivity index (χ4n) is 1.75. The Morgan fingerprint density at radius 2 is 2.22 bits per heavy atom. The number of carboxylic acid groups (broad SMARTS) is 1. The van der Waals surface area contributed by atoms with Crippen molar-refractivity contribution in [3.8, 4) is 0 Å². The van der Waals surface area contributed by atoms with Gasteiger partial charge in [0.05, 0.1) is 22.3 Å². The number of benzene rings is 1. The van der Waals surface area contributed by atoms with Crippen LogP contribution in [-0.2, 0) is 11.3 Å². The van der Waals surface area contributed by atoms with Gasteiger partial charge in [-0.1, -0.05) is 23.2 Å². The predicted molar refractivity (Wildman–Crippen MR) is 70.4 cm³/mol. The molecule has 5 nitrogen and oxygen atoms in total. The van der Waals surface area contributed by atoms with Gasteiger partial charge in [-0.25, -0.2) is 9.79 Å². The van der Waals surface area contributed by atoms with Crippen LogP contribution in [0, 0.1) is 0 Å². The van der Waals surface area contributed by atoms with Crippen molar-refractivity contribution in [3.05, 3.63) is 27.7 Å². The number of rotatable bonds is 2. The average molecular weight is 288 g/mol. The lowest BCUT2D eigenvalue weighted by atomic mass is 10.1. The Hall–Kier alpha value is -1.46. The number of nitrogens with zero attached hydrogens (tertiary/aromatic N) is 2. The van der Waals surface area contributed by atoms with Gasteiger partial charge in [-0.3, -0.25) is 0 Å². The molecule has 0 saturated heterocycles. The number of fused-ring (bicyclic) bond motifs is 1. The summed E-state index contributed by atoms with van der Waals surface area (Å²) < 4.78 is 0. The van der Waals surface area contributed by atoms with Gasteiger partial charge in [0.25, 0.3) is 0 Å². The van der Waals surface area contributed by atoms with Crippen LogP contribution in [0.15, 0.2) is 17.1 Å². The normalized spacial score (nSPS) is 15.9. The van der Waals surface area contributed by atoms with E-state index in [-0.39, 0.29) is 12.5 Å². The molecule has 1 atom stereocenters. The van der Waals surface area contributed by atoms with E-state index in [4.69, 9.17) is 34.0 Å². The zero-order chi connectivity index (χ0) is 13.4. The molecule has 0 saturated carbocycles. The minimum atomic E-state index is -0.977. The molecule has 1 heterocycles. The summed E-state index contributed by atoms with van der Waals surface area (Å²) in [5.74, 6) is -0.814. The highest BCUT2D eigenvalue weighted by Gasteiger charge is 2.28. The summed E-state index contributed by atoms with van der Waals surface area (Å²) in [6.07, 6.45) is 0. The molecule has 0 aromatic heterocycles. The first-order chi connectivity index (χ1) is 8.41. The lowest BCUT2D eigenvalue weighted by Crippen LogP contribution is -2.47. The van der Waals surface area contributed by atoms with Gasteiger partial charge in [0.2, 0.25) is 0 Å². The lowest BCUT2D eigenvalue weighted by Gasteiger charge is -2.31. The zero-order valence-corrected chi connectivity index (χ0v) is 11.0. The molecule has 0 amide bonds. The summed E-state index contributed by atoms with van der Waals surface area (Å²) in [7, 11) is 0. The van der Waals surface area contributed by atoms with Crippen LogP contribution < -0.4 is 5.73 Å². The third-order valence-corrected chi connectivity index (χ3v) is 3.70. The molecule has 1 aliphatic heterocycles. The van der Waals surface area contributed by atoms with Crippen molar-refractivity contribution in [2.24, 2.45) is 10.7 Å². The van der Waals surface area contributed by atoms with Crippen molar-refractivity contribution in [3.63, 3.8) is 0 Å². The van der Waals surface area contributed by atoms with Crippen molar-refractivity contribution in [1.29, 1.82) is 0 Å². The van der Waals surface area contributed by atoms with Gasteiger partial charge >= 0.3 is 5.97 Å². The van der Waals surface area contributed by atoms with Crippen molar-refractivity contribution in [2.45, 2.75) is 19.5 Å². The smallest absolute Gasteiger partial charge is 0.326 e. The van der Waals surface area contributed by atoms with Crippen LogP contribution >= 0.6 is 23.2 Å². The molecule has 0 spiro atoms. The van der Waals surface area contributed by atoms with E-state index in [1.165, 1.54) is 11.8 Å². The van der Waals surface area contributed by atoms with E-state index in [0.29, 0.717) is 21.3 Å². The summed E-state index contributed by atoms with van der Waals surface area (Å²) in [5, 5.41) is 9.81. The second-order valence-electron chi connectivity index (χ2n) is 3.97. The lowest BCUT2D eigenvalue weighted by molar-refractivity contribution is -0.141. The maximum Gasteiger partial charge on any atom is 0.326 e. The van der Waals surface area contributed by atoms with Gasteiger partial charge in [-0.2, -0.15) is 0 Å². The molecule has 18 heavy (non-hydrogen) atoms. The first kappa shape index (κ1) is 13.0. The summed E-state index contributed by atoms with van der Waals surface area (Å²) in [5.41, 5.74) is 7.06. The Bertz CT molecular complexity index is 545. The molecule has 2 rings (SSSR count). The first-order valence-electron chi connectivity index (χ1n) is 5.22. The number of halogens is 2. The fraction of sp³-hybridized carbons (Fsp3) is 0.273. The Morgan fingerprint density at radius 3 is 2.83 bits per heavy atom. The van der Waals surface area contributed by atoms with Crippen LogP contribution in [0.4, 0.5) is 5.69 Å². The van der Waals surface area contributed by atoms with Crippen LogP contribution in [0.3, 0.4) is 0 Å². The molecule has 3 N–H and O–H groups in total. The highest BCUT2D eigenvalue weighted by molar-refractivity contribution is 6.42. The molecule has 7 heteroatoms. The topological polar surface area (TPSA) is 78.9 Å². The molecule has 1 aromatic rings. The van der Waals surface area contributed by atoms with Crippen LogP contribution in [0.1, 0.15) is 12.5 Å². The number of hydrogen-bond donors (Lipinski definition) is 2. The minimum Gasteiger partial charge on any atom is -0.480 e. The van der Waals surface area contributed by atoms with Crippen LogP contribution in [0.25, 0.3) is 0 Å². The number of carbonyl (C=O) groups is 1. The van der Waals surface area contributed by atoms with E-state index in [0.717, 1.165) is 0 Å². The highest BCUT2D eigenvalue weighted by atomic mass is 35.5. The van der Waals surface area contributed by atoms with Crippen LogP contribution in [0.5, 0.6) is 0 Å². The number of hydrogen-bond acceptors (Lipinski definition) is 4. The van der Waals surface area contributed by atoms with Gasteiger partial charge in [0, 0.05) is 5.56 Å². The van der Waals surface area contributed by atoms with Gasteiger partial charge in [-0.05, 0) is 19.1 Å². The molecular formula is C11H11Cl2N3O2.